The molecule has 2 aliphatic heterocycles. The van der Waals surface area contributed by atoms with Gasteiger partial charge in [-0.15, -0.1) is 11.3 Å². The van der Waals surface area contributed by atoms with Crippen LogP contribution in [0.25, 0.3) is 10.2 Å². The van der Waals surface area contributed by atoms with Crippen LogP contribution in [0.5, 0.6) is 0 Å². The molecule has 1 atom stereocenters. The fraction of sp³-hybridized carbons (Fsp3) is 0.348. The van der Waals surface area contributed by atoms with Gasteiger partial charge in [-0.3, -0.25) is 9.69 Å². The second-order valence-electron chi connectivity index (χ2n) is 8.33. The summed E-state index contributed by atoms with van der Waals surface area (Å²) in [7, 11) is 0. The maximum Gasteiger partial charge on any atom is 0.425 e. The molecule has 0 saturated carbocycles. The minimum atomic E-state index is -4.98. The van der Waals surface area contributed by atoms with E-state index in [9.17, 15) is 22.8 Å². The van der Waals surface area contributed by atoms with Gasteiger partial charge in [-0.05, 0) is 30.5 Å². The Morgan fingerprint density at radius 1 is 1.03 bits per heavy atom. The van der Waals surface area contributed by atoms with Gasteiger partial charge in [-0.25, -0.2) is 14.7 Å². The van der Waals surface area contributed by atoms with Gasteiger partial charge in [0.15, 0.2) is 0 Å². The molecule has 0 spiro atoms. The van der Waals surface area contributed by atoms with Crippen molar-refractivity contribution in [3.63, 3.8) is 0 Å². The normalized spacial score (nSPS) is 22.8. The number of likely N-dealkylation sites (tertiary alicyclic amines) is 1. The second-order valence-corrected chi connectivity index (χ2v) is 9.39. The summed E-state index contributed by atoms with van der Waals surface area (Å²) >= 11 is 1.66. The number of piperidine rings is 1. The Balaban J connectivity index is 1.30. The Kier molecular flexibility index (Phi) is 5.37. The fourth-order valence-electron chi connectivity index (χ4n) is 4.53. The minimum Gasteiger partial charge on any atom is -0.312 e. The summed E-state index contributed by atoms with van der Waals surface area (Å²) < 4.78 is 43.5. The lowest BCUT2D eigenvalue weighted by molar-refractivity contribution is -0.198. The first-order chi connectivity index (χ1) is 15.8. The number of hydrogen-bond donors (Lipinski definition) is 1. The predicted octanol–water partition coefficient (Wildman–Crippen LogP) is 4.44. The largest absolute Gasteiger partial charge is 0.425 e. The molecule has 2 aromatic carbocycles. The van der Waals surface area contributed by atoms with E-state index in [0.29, 0.717) is 18.0 Å². The van der Waals surface area contributed by atoms with E-state index in [1.54, 1.807) is 17.4 Å². The molecule has 1 N–H and O–H groups in total. The number of benzene rings is 2. The van der Waals surface area contributed by atoms with Gasteiger partial charge in [0.25, 0.3) is 5.91 Å². The first kappa shape index (κ1) is 21.8. The molecule has 3 aromatic rings. The lowest BCUT2D eigenvalue weighted by atomic mass is 9.89. The standard InChI is InChI=1S/C23H21F3N4O2S/c24-23(25,26)22(16-6-2-1-3-7-16)20(31)30(21(32)28-22)14-29-12-10-15(11-13-29)19-27-17-8-4-5-9-18(17)33-19/h1-9,15H,10-14H2,(H,28,32). The Morgan fingerprint density at radius 3 is 2.36 bits per heavy atom. The average molecular weight is 475 g/mol. The smallest absolute Gasteiger partial charge is 0.312 e. The minimum absolute atomic E-state index is 0.179. The van der Waals surface area contributed by atoms with Crippen LogP contribution in [-0.4, -0.2) is 52.7 Å². The van der Waals surface area contributed by atoms with Gasteiger partial charge in [0.2, 0.25) is 5.54 Å². The molecule has 0 radical (unpaired) electrons. The van der Waals surface area contributed by atoms with E-state index in [-0.39, 0.29) is 18.2 Å². The topological polar surface area (TPSA) is 65.5 Å². The molecule has 3 heterocycles. The number of aromatic nitrogens is 1. The van der Waals surface area contributed by atoms with Crippen LogP contribution in [0.3, 0.4) is 0 Å². The van der Waals surface area contributed by atoms with E-state index < -0.39 is 23.7 Å². The van der Waals surface area contributed by atoms with Crippen molar-refractivity contribution in [3.8, 4) is 0 Å². The first-order valence-electron chi connectivity index (χ1n) is 10.6. The fourth-order valence-corrected chi connectivity index (χ4v) is 5.67. The van der Waals surface area contributed by atoms with Crippen molar-refractivity contribution in [1.29, 1.82) is 0 Å². The third-order valence-electron chi connectivity index (χ3n) is 6.33. The van der Waals surface area contributed by atoms with E-state index >= 15 is 0 Å². The Morgan fingerprint density at radius 2 is 1.70 bits per heavy atom. The number of nitrogens with one attached hydrogen (secondary N) is 1. The summed E-state index contributed by atoms with van der Waals surface area (Å²) in [4.78, 5) is 32.8. The van der Waals surface area contributed by atoms with Crippen molar-refractivity contribution in [3.05, 3.63) is 65.2 Å². The number of imide groups is 1. The van der Waals surface area contributed by atoms with E-state index in [0.717, 1.165) is 28.1 Å². The summed E-state index contributed by atoms with van der Waals surface area (Å²) in [6, 6.07) is 13.7. The maximum absolute atomic E-state index is 14.1. The molecule has 6 nitrogen and oxygen atoms in total. The van der Waals surface area contributed by atoms with Crippen molar-refractivity contribution in [2.24, 2.45) is 0 Å². The SMILES string of the molecule is O=C1NC(c2ccccc2)(C(F)(F)F)C(=O)N1CN1CCC(c2nc3ccccc3s2)CC1. The van der Waals surface area contributed by atoms with Gasteiger partial charge in [0.1, 0.15) is 0 Å². The highest BCUT2D eigenvalue weighted by atomic mass is 32.1. The summed E-state index contributed by atoms with van der Waals surface area (Å²) in [5.41, 5.74) is -2.40. The van der Waals surface area contributed by atoms with Gasteiger partial charge in [0.05, 0.1) is 21.9 Å². The molecule has 1 unspecified atom stereocenters. The van der Waals surface area contributed by atoms with Gasteiger partial charge < -0.3 is 5.32 Å². The second kappa shape index (κ2) is 8.11. The van der Waals surface area contributed by atoms with Crippen LogP contribution >= 0.6 is 11.3 Å². The highest BCUT2D eigenvalue weighted by Crippen LogP contribution is 2.43. The third-order valence-corrected chi connectivity index (χ3v) is 7.53. The van der Waals surface area contributed by atoms with Crippen molar-refractivity contribution in [2.75, 3.05) is 19.8 Å². The van der Waals surface area contributed by atoms with Gasteiger partial charge in [-0.2, -0.15) is 13.2 Å². The van der Waals surface area contributed by atoms with Crippen LogP contribution in [0, 0.1) is 0 Å². The molecule has 33 heavy (non-hydrogen) atoms. The number of amides is 3. The van der Waals surface area contributed by atoms with Crippen molar-refractivity contribution >= 4 is 33.5 Å². The molecule has 2 saturated heterocycles. The molecule has 2 fully saturated rings. The lowest BCUT2D eigenvalue weighted by Crippen LogP contribution is -2.56. The first-order valence-corrected chi connectivity index (χ1v) is 11.5. The number of carbonyl (C=O) groups is 2. The molecule has 172 valence electrons. The van der Waals surface area contributed by atoms with Crippen molar-refractivity contribution in [1.82, 2.24) is 20.1 Å². The molecule has 3 amide bonds. The number of thiazole rings is 1. The van der Waals surface area contributed by atoms with Gasteiger partial charge >= 0.3 is 12.2 Å². The van der Waals surface area contributed by atoms with Gasteiger partial charge in [-0.1, -0.05) is 42.5 Å². The van der Waals surface area contributed by atoms with Crippen LogP contribution in [0.1, 0.15) is 29.3 Å². The zero-order valence-corrected chi connectivity index (χ0v) is 18.3. The number of para-hydroxylation sites is 1. The van der Waals surface area contributed by atoms with Crippen LogP contribution in [-0.2, 0) is 10.3 Å². The van der Waals surface area contributed by atoms with Gasteiger partial charge in [0, 0.05) is 19.0 Å². The predicted molar refractivity (Wildman–Crippen MR) is 118 cm³/mol. The third kappa shape index (κ3) is 3.67. The van der Waals surface area contributed by atoms with E-state index in [4.69, 9.17) is 4.98 Å². The summed E-state index contributed by atoms with van der Waals surface area (Å²) in [5.74, 6) is -1.04. The van der Waals surface area contributed by atoms with Crippen LogP contribution in [0.15, 0.2) is 54.6 Å². The zero-order valence-electron chi connectivity index (χ0n) is 17.5. The molecule has 2 aliphatic rings. The number of carbonyl (C=O) groups excluding carboxylic acids is 2. The summed E-state index contributed by atoms with van der Waals surface area (Å²) in [5, 5.41) is 2.99. The Labute approximate surface area is 192 Å². The molecule has 5 rings (SSSR count). The molecule has 0 bridgehead atoms. The molecular formula is C23H21F3N4O2S. The van der Waals surface area contributed by atoms with Crippen LogP contribution < -0.4 is 5.32 Å². The number of hydrogen-bond acceptors (Lipinski definition) is 5. The number of urea groups is 1. The molecular weight excluding hydrogens is 453 g/mol. The molecule has 0 aliphatic carbocycles. The zero-order chi connectivity index (χ0) is 23.2. The van der Waals surface area contributed by atoms with E-state index in [1.165, 1.54) is 24.3 Å². The van der Waals surface area contributed by atoms with E-state index in [1.807, 2.05) is 34.5 Å². The quantitative estimate of drug-likeness (QED) is 0.568. The van der Waals surface area contributed by atoms with E-state index in [2.05, 4.69) is 0 Å². The summed E-state index contributed by atoms with van der Waals surface area (Å²) in [6.07, 6.45) is -3.46. The number of nitrogens with zero attached hydrogens (tertiary/aromatic N) is 3. The Bertz CT molecular complexity index is 1160. The number of halogens is 3. The maximum atomic E-state index is 14.1. The lowest BCUT2D eigenvalue weighted by Gasteiger charge is -2.33. The highest BCUT2D eigenvalue weighted by Gasteiger charge is 2.68. The average Bonchev–Trinajstić information content (AvgIpc) is 3.35. The molecule has 10 heteroatoms. The van der Waals surface area contributed by atoms with Crippen LogP contribution in [0.2, 0.25) is 0 Å². The van der Waals surface area contributed by atoms with Crippen molar-refractivity contribution < 1.29 is 22.8 Å². The number of alkyl halides is 3. The monoisotopic (exact) mass is 474 g/mol. The summed E-state index contributed by atoms with van der Waals surface area (Å²) in [6.45, 7) is 0.936. The Hall–Kier alpha value is -2.98. The van der Waals surface area contributed by atoms with Crippen LogP contribution in [0.4, 0.5) is 18.0 Å². The molecule has 1 aromatic heterocycles. The number of fused-ring (bicyclic) bond motifs is 1. The highest BCUT2D eigenvalue weighted by molar-refractivity contribution is 7.18. The number of rotatable bonds is 4. The van der Waals surface area contributed by atoms with Crippen molar-refractivity contribution in [2.45, 2.75) is 30.5 Å².